The zero-order valence-corrected chi connectivity index (χ0v) is 13.8. The molecular formula is C19H16ClN3O. The summed E-state index contributed by atoms with van der Waals surface area (Å²) in [5.74, 6) is 2.88. The van der Waals surface area contributed by atoms with Crippen LogP contribution in [-0.4, -0.2) is 14.5 Å². The van der Waals surface area contributed by atoms with Crippen LogP contribution in [0.4, 0.5) is 0 Å². The summed E-state index contributed by atoms with van der Waals surface area (Å²) < 4.78 is 1.74. The van der Waals surface area contributed by atoms with Crippen LogP contribution >= 0.6 is 11.6 Å². The van der Waals surface area contributed by atoms with Crippen molar-refractivity contribution in [3.05, 3.63) is 63.8 Å². The summed E-state index contributed by atoms with van der Waals surface area (Å²) in [5.41, 5.74) is 1.81. The van der Waals surface area contributed by atoms with Crippen LogP contribution in [0.1, 0.15) is 31.0 Å². The monoisotopic (exact) mass is 337 g/mol. The lowest BCUT2D eigenvalue weighted by Gasteiger charge is -2.18. The molecule has 5 rings (SSSR count). The van der Waals surface area contributed by atoms with E-state index in [1.54, 1.807) is 10.8 Å². The van der Waals surface area contributed by atoms with Gasteiger partial charge < -0.3 is 0 Å². The van der Waals surface area contributed by atoms with E-state index in [1.165, 1.54) is 6.42 Å². The second-order valence-electron chi connectivity index (χ2n) is 6.88. The van der Waals surface area contributed by atoms with E-state index in [4.69, 9.17) is 16.6 Å². The first-order valence-electron chi connectivity index (χ1n) is 8.34. The van der Waals surface area contributed by atoms with Gasteiger partial charge in [-0.2, -0.15) is 0 Å². The molecule has 0 spiro atoms. The van der Waals surface area contributed by atoms with E-state index in [0.717, 1.165) is 36.2 Å². The molecule has 2 heterocycles. The van der Waals surface area contributed by atoms with Gasteiger partial charge in [-0.1, -0.05) is 11.6 Å². The van der Waals surface area contributed by atoms with Crippen molar-refractivity contribution in [1.29, 1.82) is 0 Å². The van der Waals surface area contributed by atoms with Gasteiger partial charge in [-0.3, -0.25) is 9.36 Å². The van der Waals surface area contributed by atoms with Crippen LogP contribution in [0.25, 0.3) is 16.7 Å². The van der Waals surface area contributed by atoms with E-state index in [-0.39, 0.29) is 5.56 Å². The molecule has 4 nitrogen and oxygen atoms in total. The standard InChI is InChI=1S/C19H16ClN3O/c20-14-3-5-15(6-4-14)23-18(13-9-11-8-12(11)10-13)22-16-2-1-7-21-17(16)19(23)24/h1-7,11-13H,8-10H2/t11-,12+,13+. The third kappa shape index (κ3) is 2.17. The van der Waals surface area contributed by atoms with E-state index in [2.05, 4.69) is 4.98 Å². The molecule has 0 unspecified atom stereocenters. The predicted molar refractivity (Wildman–Crippen MR) is 93.7 cm³/mol. The van der Waals surface area contributed by atoms with Crippen LogP contribution in [0.2, 0.25) is 5.02 Å². The zero-order chi connectivity index (χ0) is 16.3. The van der Waals surface area contributed by atoms with E-state index in [0.29, 0.717) is 22.0 Å². The van der Waals surface area contributed by atoms with Crippen molar-refractivity contribution < 1.29 is 0 Å². The molecule has 1 aromatic carbocycles. The van der Waals surface area contributed by atoms with Gasteiger partial charge in [-0.25, -0.2) is 9.97 Å². The van der Waals surface area contributed by atoms with Crippen LogP contribution in [-0.2, 0) is 0 Å². The second kappa shape index (κ2) is 5.15. The number of fused-ring (bicyclic) bond motifs is 2. The maximum absolute atomic E-state index is 13.1. The molecule has 2 aliphatic rings. The first-order valence-corrected chi connectivity index (χ1v) is 8.72. The zero-order valence-electron chi connectivity index (χ0n) is 13.0. The lowest BCUT2D eigenvalue weighted by atomic mass is 10.0. The number of halogens is 1. The van der Waals surface area contributed by atoms with Crippen molar-refractivity contribution >= 4 is 22.6 Å². The SMILES string of the molecule is O=c1c2ncccc2nc([C@@H]2C[C@@H]3C[C@@H]3C2)n1-c1ccc(Cl)cc1. The minimum Gasteiger partial charge on any atom is -0.266 e. The maximum atomic E-state index is 13.1. The Kier molecular flexibility index (Phi) is 3.04. The highest BCUT2D eigenvalue weighted by Gasteiger charge is 2.47. The first-order chi connectivity index (χ1) is 11.7. The molecule has 0 saturated heterocycles. The van der Waals surface area contributed by atoms with Crippen LogP contribution in [0.15, 0.2) is 47.4 Å². The van der Waals surface area contributed by atoms with E-state index < -0.39 is 0 Å². The third-order valence-electron chi connectivity index (χ3n) is 5.35. The normalized spacial score (nSPS) is 25.0. The summed E-state index contributed by atoms with van der Waals surface area (Å²) in [7, 11) is 0. The molecule has 120 valence electrons. The van der Waals surface area contributed by atoms with Gasteiger partial charge in [0.2, 0.25) is 0 Å². The Labute approximate surface area is 144 Å². The predicted octanol–water partition coefficient (Wildman–Crippen LogP) is 3.95. The Morgan fingerprint density at radius 3 is 2.54 bits per heavy atom. The van der Waals surface area contributed by atoms with Crippen LogP contribution < -0.4 is 5.56 Å². The molecule has 0 N–H and O–H groups in total. The smallest absolute Gasteiger partial charge is 0.266 e. The first kappa shape index (κ1) is 14.2. The second-order valence-corrected chi connectivity index (χ2v) is 7.32. The summed E-state index contributed by atoms with van der Waals surface area (Å²) in [6.45, 7) is 0. The molecule has 0 amide bonds. The van der Waals surface area contributed by atoms with E-state index >= 15 is 0 Å². The Bertz CT molecular complexity index is 986. The highest BCUT2D eigenvalue weighted by atomic mass is 35.5. The van der Waals surface area contributed by atoms with Crippen LogP contribution in [0, 0.1) is 11.8 Å². The van der Waals surface area contributed by atoms with Crippen molar-refractivity contribution in [2.24, 2.45) is 11.8 Å². The molecule has 24 heavy (non-hydrogen) atoms. The van der Waals surface area contributed by atoms with Crippen molar-refractivity contribution in [2.45, 2.75) is 25.2 Å². The summed E-state index contributed by atoms with van der Waals surface area (Å²) in [5, 5.41) is 0.655. The number of aromatic nitrogens is 3. The Morgan fingerprint density at radius 1 is 1.04 bits per heavy atom. The van der Waals surface area contributed by atoms with E-state index in [1.807, 2.05) is 36.4 Å². The van der Waals surface area contributed by atoms with Crippen LogP contribution in [0.3, 0.4) is 0 Å². The molecule has 2 saturated carbocycles. The maximum Gasteiger partial charge on any atom is 0.284 e. The number of hydrogen-bond donors (Lipinski definition) is 0. The highest BCUT2D eigenvalue weighted by molar-refractivity contribution is 6.30. The van der Waals surface area contributed by atoms with Gasteiger partial charge in [0.1, 0.15) is 5.82 Å². The Balaban J connectivity index is 1.77. The summed E-state index contributed by atoms with van der Waals surface area (Å²) in [6.07, 6.45) is 5.26. The third-order valence-corrected chi connectivity index (χ3v) is 5.60. The van der Waals surface area contributed by atoms with Gasteiger partial charge in [-0.05, 0) is 67.5 Å². The number of rotatable bonds is 2. The molecule has 3 aromatic rings. The largest absolute Gasteiger partial charge is 0.284 e. The molecule has 2 aromatic heterocycles. The number of hydrogen-bond acceptors (Lipinski definition) is 3. The highest BCUT2D eigenvalue weighted by Crippen LogP contribution is 2.57. The fourth-order valence-corrected chi connectivity index (χ4v) is 4.20. The minimum absolute atomic E-state index is 0.0986. The van der Waals surface area contributed by atoms with Crippen molar-refractivity contribution in [3.8, 4) is 5.69 Å². The number of pyridine rings is 1. The molecule has 0 radical (unpaired) electrons. The van der Waals surface area contributed by atoms with Gasteiger partial charge in [-0.15, -0.1) is 0 Å². The van der Waals surface area contributed by atoms with Crippen molar-refractivity contribution in [2.75, 3.05) is 0 Å². The Morgan fingerprint density at radius 2 is 1.79 bits per heavy atom. The summed E-state index contributed by atoms with van der Waals surface area (Å²) >= 11 is 6.01. The summed E-state index contributed by atoms with van der Waals surface area (Å²) in [6, 6.07) is 11.1. The van der Waals surface area contributed by atoms with Gasteiger partial charge in [0.25, 0.3) is 5.56 Å². The van der Waals surface area contributed by atoms with Gasteiger partial charge in [0.05, 0.1) is 11.2 Å². The van der Waals surface area contributed by atoms with Crippen molar-refractivity contribution in [1.82, 2.24) is 14.5 Å². The van der Waals surface area contributed by atoms with Gasteiger partial charge >= 0.3 is 0 Å². The number of nitrogens with zero attached hydrogens (tertiary/aromatic N) is 3. The van der Waals surface area contributed by atoms with E-state index in [9.17, 15) is 4.79 Å². The molecule has 2 aliphatic carbocycles. The minimum atomic E-state index is -0.0986. The average Bonchev–Trinajstić information content (AvgIpc) is 3.21. The quantitative estimate of drug-likeness (QED) is 0.711. The average molecular weight is 338 g/mol. The summed E-state index contributed by atoms with van der Waals surface area (Å²) in [4.78, 5) is 22.2. The number of benzene rings is 1. The fourth-order valence-electron chi connectivity index (χ4n) is 4.07. The molecule has 0 aliphatic heterocycles. The Hall–Kier alpha value is -2.20. The molecule has 5 heteroatoms. The topological polar surface area (TPSA) is 47.8 Å². The lowest BCUT2D eigenvalue weighted by molar-refractivity contribution is 0.572. The molecule has 2 fully saturated rings. The molecular weight excluding hydrogens is 322 g/mol. The van der Waals surface area contributed by atoms with Crippen LogP contribution in [0.5, 0.6) is 0 Å². The van der Waals surface area contributed by atoms with Crippen molar-refractivity contribution in [3.63, 3.8) is 0 Å². The van der Waals surface area contributed by atoms with Gasteiger partial charge in [0.15, 0.2) is 5.52 Å². The molecule has 3 atom stereocenters. The van der Waals surface area contributed by atoms with Gasteiger partial charge in [0, 0.05) is 17.1 Å². The lowest BCUT2D eigenvalue weighted by Crippen LogP contribution is -2.26. The fraction of sp³-hybridized carbons (Fsp3) is 0.316. The molecule has 0 bridgehead atoms.